The smallest absolute Gasteiger partial charge is 0.209 e. The van der Waals surface area contributed by atoms with E-state index >= 15 is 0 Å². The predicted molar refractivity (Wildman–Crippen MR) is 80.0 cm³/mol. The van der Waals surface area contributed by atoms with Crippen LogP contribution in [0.3, 0.4) is 0 Å². The van der Waals surface area contributed by atoms with E-state index in [9.17, 15) is 5.11 Å². The molecule has 0 aromatic heterocycles. The lowest BCUT2D eigenvalue weighted by Crippen LogP contribution is -2.22. The van der Waals surface area contributed by atoms with Crippen LogP contribution in [-0.4, -0.2) is 11.3 Å². The van der Waals surface area contributed by atoms with Crippen molar-refractivity contribution in [2.75, 3.05) is 0 Å². The molecule has 0 aliphatic carbocycles. The molecule has 2 aromatic rings. The molecule has 0 amide bonds. The minimum absolute atomic E-state index is 0. The third-order valence-corrected chi connectivity index (χ3v) is 3.14. The number of hydrogen-bond donors (Lipinski definition) is 1. The molecule has 1 atom stereocenters. The van der Waals surface area contributed by atoms with Crippen molar-refractivity contribution >= 4 is 11.8 Å². The molecule has 19 heavy (non-hydrogen) atoms. The van der Waals surface area contributed by atoms with Gasteiger partial charge in [0, 0.05) is 17.4 Å². The molecule has 0 bridgehead atoms. The average molecular weight is 251 g/mol. The first kappa shape index (κ1) is 13.2. The molecule has 1 heterocycles. The van der Waals surface area contributed by atoms with E-state index in [0.717, 1.165) is 16.7 Å². The average Bonchev–Trinajstić information content (AvgIpc) is 2.84. The van der Waals surface area contributed by atoms with E-state index < -0.39 is 5.72 Å². The van der Waals surface area contributed by atoms with Gasteiger partial charge >= 0.3 is 0 Å². The van der Waals surface area contributed by atoms with Gasteiger partial charge in [-0.05, 0) is 11.6 Å². The van der Waals surface area contributed by atoms with E-state index in [2.05, 4.69) is 4.99 Å². The second-order valence-electron chi connectivity index (χ2n) is 4.26. The Bertz CT molecular complexity index is 602. The van der Waals surface area contributed by atoms with Gasteiger partial charge in [-0.15, -0.1) is 0 Å². The van der Waals surface area contributed by atoms with Crippen molar-refractivity contribution in [3.05, 3.63) is 77.9 Å². The molecule has 2 heteroatoms. The molecule has 0 fully saturated rings. The summed E-state index contributed by atoms with van der Waals surface area (Å²) in [6, 6.07) is 19.4. The van der Waals surface area contributed by atoms with Crippen LogP contribution in [0.1, 0.15) is 18.6 Å². The SMILES string of the molecule is C.OC1(c2ccccc2)N=CC=C1c1ccccc1. The highest BCUT2D eigenvalue weighted by Crippen LogP contribution is 2.39. The lowest BCUT2D eigenvalue weighted by molar-refractivity contribution is 0.114. The largest absolute Gasteiger partial charge is 0.362 e. The molecule has 0 radical (unpaired) electrons. The summed E-state index contributed by atoms with van der Waals surface area (Å²) in [5, 5.41) is 10.8. The Morgan fingerprint density at radius 1 is 0.842 bits per heavy atom. The number of aliphatic imine (C=N–C) groups is 1. The molecule has 2 nitrogen and oxygen atoms in total. The Hall–Kier alpha value is -2.19. The summed E-state index contributed by atoms with van der Waals surface area (Å²) in [6.45, 7) is 0. The molecule has 1 unspecified atom stereocenters. The summed E-state index contributed by atoms with van der Waals surface area (Å²) >= 11 is 0. The van der Waals surface area contributed by atoms with Crippen molar-refractivity contribution in [2.24, 2.45) is 4.99 Å². The zero-order valence-corrected chi connectivity index (χ0v) is 9.82. The molecule has 1 N–H and O–H groups in total. The van der Waals surface area contributed by atoms with Crippen molar-refractivity contribution in [1.82, 2.24) is 0 Å². The molecule has 0 spiro atoms. The molecule has 96 valence electrons. The van der Waals surface area contributed by atoms with Gasteiger partial charge < -0.3 is 5.11 Å². The Kier molecular flexibility index (Phi) is 3.63. The van der Waals surface area contributed by atoms with Crippen LogP contribution < -0.4 is 0 Å². The lowest BCUT2D eigenvalue weighted by Gasteiger charge is -2.24. The fourth-order valence-electron chi connectivity index (χ4n) is 2.22. The normalized spacial score (nSPS) is 20.8. The second kappa shape index (κ2) is 5.21. The Morgan fingerprint density at radius 3 is 2.05 bits per heavy atom. The minimum atomic E-state index is -1.26. The van der Waals surface area contributed by atoms with Crippen LogP contribution in [0.25, 0.3) is 5.57 Å². The van der Waals surface area contributed by atoms with E-state index in [4.69, 9.17) is 0 Å². The van der Waals surface area contributed by atoms with Crippen LogP contribution in [0.15, 0.2) is 71.7 Å². The van der Waals surface area contributed by atoms with Crippen molar-refractivity contribution in [3.8, 4) is 0 Å². The number of nitrogens with zero attached hydrogens (tertiary/aromatic N) is 1. The summed E-state index contributed by atoms with van der Waals surface area (Å²) in [5.74, 6) is 0. The molecule has 3 rings (SSSR count). The zero-order chi connectivity index (χ0) is 12.4. The summed E-state index contributed by atoms with van der Waals surface area (Å²) in [5.41, 5.74) is 1.33. The van der Waals surface area contributed by atoms with Gasteiger partial charge in [0.25, 0.3) is 0 Å². The van der Waals surface area contributed by atoms with Crippen LogP contribution in [0, 0.1) is 0 Å². The molecule has 0 saturated heterocycles. The topological polar surface area (TPSA) is 32.6 Å². The number of aliphatic hydroxyl groups is 1. The van der Waals surface area contributed by atoms with E-state index in [0.29, 0.717) is 0 Å². The van der Waals surface area contributed by atoms with E-state index in [-0.39, 0.29) is 7.43 Å². The number of benzene rings is 2. The third kappa shape index (κ3) is 2.23. The first-order chi connectivity index (χ1) is 8.81. The molecule has 2 aromatic carbocycles. The lowest BCUT2D eigenvalue weighted by atomic mass is 9.91. The van der Waals surface area contributed by atoms with Gasteiger partial charge in [0.05, 0.1) is 0 Å². The predicted octanol–water partition coefficient (Wildman–Crippen LogP) is 3.64. The van der Waals surface area contributed by atoms with Gasteiger partial charge in [0.15, 0.2) is 0 Å². The maximum Gasteiger partial charge on any atom is 0.209 e. The number of hydrogen-bond acceptors (Lipinski definition) is 2. The Labute approximate surface area is 113 Å². The molecule has 1 aliphatic heterocycles. The second-order valence-corrected chi connectivity index (χ2v) is 4.26. The van der Waals surface area contributed by atoms with Crippen molar-refractivity contribution < 1.29 is 5.11 Å². The van der Waals surface area contributed by atoms with E-state index in [1.54, 1.807) is 6.21 Å². The van der Waals surface area contributed by atoms with Gasteiger partial charge in [-0.25, -0.2) is 4.99 Å². The van der Waals surface area contributed by atoms with E-state index in [1.807, 2.05) is 66.7 Å². The summed E-state index contributed by atoms with van der Waals surface area (Å²) < 4.78 is 0. The van der Waals surface area contributed by atoms with Crippen molar-refractivity contribution in [2.45, 2.75) is 13.2 Å². The van der Waals surface area contributed by atoms with Gasteiger partial charge in [-0.1, -0.05) is 68.1 Å². The van der Waals surface area contributed by atoms with Crippen molar-refractivity contribution in [3.63, 3.8) is 0 Å². The van der Waals surface area contributed by atoms with Gasteiger partial charge in [-0.3, -0.25) is 0 Å². The highest BCUT2D eigenvalue weighted by molar-refractivity contribution is 5.93. The van der Waals surface area contributed by atoms with Crippen LogP contribution in [0.4, 0.5) is 0 Å². The monoisotopic (exact) mass is 251 g/mol. The van der Waals surface area contributed by atoms with Crippen LogP contribution in [0.2, 0.25) is 0 Å². The van der Waals surface area contributed by atoms with Gasteiger partial charge in [0.1, 0.15) is 0 Å². The summed E-state index contributed by atoms with van der Waals surface area (Å²) in [6.07, 6.45) is 3.53. The molecular weight excluding hydrogens is 234 g/mol. The van der Waals surface area contributed by atoms with Crippen LogP contribution in [0.5, 0.6) is 0 Å². The first-order valence-electron chi connectivity index (χ1n) is 5.90. The number of rotatable bonds is 2. The van der Waals surface area contributed by atoms with Gasteiger partial charge in [-0.2, -0.15) is 0 Å². The fraction of sp³-hybridized carbons (Fsp3) is 0.118. The minimum Gasteiger partial charge on any atom is -0.362 e. The Morgan fingerprint density at radius 2 is 1.42 bits per heavy atom. The number of allylic oxidation sites excluding steroid dienone is 1. The molecule has 1 aliphatic rings. The maximum absolute atomic E-state index is 10.8. The van der Waals surface area contributed by atoms with E-state index in [1.165, 1.54) is 0 Å². The quantitative estimate of drug-likeness (QED) is 0.868. The van der Waals surface area contributed by atoms with Crippen LogP contribution in [-0.2, 0) is 5.72 Å². The molecular formula is C17H17NO. The zero-order valence-electron chi connectivity index (χ0n) is 9.82. The summed E-state index contributed by atoms with van der Waals surface area (Å²) in [7, 11) is 0. The Balaban J connectivity index is 0.00000133. The standard InChI is InChI=1S/C16H13NO.CH4/c18-16(14-9-5-2-6-10-14)15(11-12-17-16)13-7-3-1-4-8-13;/h1-12,18H;1H4. The third-order valence-electron chi connectivity index (χ3n) is 3.14. The molecule has 0 saturated carbocycles. The van der Waals surface area contributed by atoms with Gasteiger partial charge in [0.2, 0.25) is 5.72 Å². The summed E-state index contributed by atoms with van der Waals surface area (Å²) in [4.78, 5) is 4.23. The highest BCUT2D eigenvalue weighted by atomic mass is 16.3. The van der Waals surface area contributed by atoms with Crippen LogP contribution >= 0.6 is 0 Å². The fourth-order valence-corrected chi connectivity index (χ4v) is 2.22. The highest BCUT2D eigenvalue weighted by Gasteiger charge is 2.35. The first-order valence-corrected chi connectivity index (χ1v) is 5.90. The van der Waals surface area contributed by atoms with Crippen molar-refractivity contribution in [1.29, 1.82) is 0 Å². The maximum atomic E-state index is 10.8.